The molecule has 0 amide bonds. The summed E-state index contributed by atoms with van der Waals surface area (Å²) in [6.45, 7) is 9.88. The summed E-state index contributed by atoms with van der Waals surface area (Å²) in [6, 6.07) is 19.6. The van der Waals surface area contributed by atoms with E-state index in [0.717, 1.165) is 13.0 Å². The van der Waals surface area contributed by atoms with Crippen molar-refractivity contribution in [3.8, 4) is 0 Å². The van der Waals surface area contributed by atoms with Crippen molar-refractivity contribution in [2.24, 2.45) is 0 Å². The van der Waals surface area contributed by atoms with E-state index < -0.39 is 0 Å². The summed E-state index contributed by atoms with van der Waals surface area (Å²) < 4.78 is 0. The van der Waals surface area contributed by atoms with E-state index in [1.165, 1.54) is 16.7 Å². The second-order valence-electron chi connectivity index (χ2n) is 6.87. The Kier molecular flexibility index (Phi) is 5.19. The molecule has 0 saturated heterocycles. The minimum atomic E-state index is 0.152. The molecular formula is C20H27N. The molecule has 1 N–H and O–H groups in total. The highest BCUT2D eigenvalue weighted by molar-refractivity contribution is 5.29. The highest BCUT2D eigenvalue weighted by atomic mass is 14.9. The SMILES string of the molecule is Cc1ccccc1CC(CNC(C)(C)C)c1ccccc1. The molecule has 0 radical (unpaired) electrons. The molecule has 2 aromatic carbocycles. The summed E-state index contributed by atoms with van der Waals surface area (Å²) >= 11 is 0. The molecule has 0 aliphatic carbocycles. The van der Waals surface area contributed by atoms with E-state index >= 15 is 0 Å². The van der Waals surface area contributed by atoms with E-state index in [9.17, 15) is 0 Å². The van der Waals surface area contributed by atoms with Crippen LogP contribution >= 0.6 is 0 Å². The minimum Gasteiger partial charge on any atom is -0.311 e. The lowest BCUT2D eigenvalue weighted by Crippen LogP contribution is -2.39. The van der Waals surface area contributed by atoms with Crippen molar-refractivity contribution in [2.45, 2.75) is 45.6 Å². The maximum atomic E-state index is 3.66. The molecule has 0 spiro atoms. The Labute approximate surface area is 129 Å². The van der Waals surface area contributed by atoms with Crippen molar-refractivity contribution in [1.29, 1.82) is 0 Å². The molecule has 0 aromatic heterocycles. The van der Waals surface area contributed by atoms with Gasteiger partial charge < -0.3 is 5.32 Å². The summed E-state index contributed by atoms with van der Waals surface area (Å²) in [4.78, 5) is 0. The van der Waals surface area contributed by atoms with Gasteiger partial charge >= 0.3 is 0 Å². The van der Waals surface area contributed by atoms with Crippen LogP contribution in [0.2, 0.25) is 0 Å². The van der Waals surface area contributed by atoms with Gasteiger partial charge in [-0.05, 0) is 50.8 Å². The maximum absolute atomic E-state index is 3.66. The third-order valence-electron chi connectivity index (χ3n) is 3.88. The Morgan fingerprint density at radius 1 is 0.905 bits per heavy atom. The van der Waals surface area contributed by atoms with Crippen molar-refractivity contribution < 1.29 is 0 Å². The Morgan fingerprint density at radius 3 is 2.14 bits per heavy atom. The van der Waals surface area contributed by atoms with Crippen LogP contribution in [-0.4, -0.2) is 12.1 Å². The van der Waals surface area contributed by atoms with Crippen LogP contribution in [0.15, 0.2) is 54.6 Å². The zero-order valence-corrected chi connectivity index (χ0v) is 13.7. The number of hydrogen-bond donors (Lipinski definition) is 1. The number of benzene rings is 2. The van der Waals surface area contributed by atoms with Gasteiger partial charge in [-0.3, -0.25) is 0 Å². The first-order chi connectivity index (χ1) is 9.96. The van der Waals surface area contributed by atoms with Gasteiger partial charge in [0.25, 0.3) is 0 Å². The molecule has 0 heterocycles. The molecule has 1 atom stereocenters. The molecule has 2 aromatic rings. The smallest absolute Gasteiger partial charge is 0.00967 e. The zero-order chi connectivity index (χ0) is 15.3. The number of rotatable bonds is 5. The fourth-order valence-corrected chi connectivity index (χ4v) is 2.57. The van der Waals surface area contributed by atoms with Gasteiger partial charge in [0.1, 0.15) is 0 Å². The monoisotopic (exact) mass is 281 g/mol. The van der Waals surface area contributed by atoms with Crippen LogP contribution in [0.25, 0.3) is 0 Å². The molecule has 1 unspecified atom stereocenters. The number of nitrogens with one attached hydrogen (secondary N) is 1. The summed E-state index contributed by atoms with van der Waals surface area (Å²) in [5.41, 5.74) is 4.40. The molecule has 2 rings (SSSR count). The normalized spacial score (nSPS) is 13.1. The highest BCUT2D eigenvalue weighted by Gasteiger charge is 2.17. The highest BCUT2D eigenvalue weighted by Crippen LogP contribution is 2.22. The van der Waals surface area contributed by atoms with Crippen LogP contribution in [0.5, 0.6) is 0 Å². The van der Waals surface area contributed by atoms with E-state index in [1.807, 2.05) is 0 Å². The average molecular weight is 281 g/mol. The van der Waals surface area contributed by atoms with E-state index in [-0.39, 0.29) is 5.54 Å². The molecular weight excluding hydrogens is 254 g/mol. The van der Waals surface area contributed by atoms with Crippen LogP contribution in [0.4, 0.5) is 0 Å². The molecule has 1 heteroatoms. The Morgan fingerprint density at radius 2 is 1.52 bits per heavy atom. The van der Waals surface area contributed by atoms with Crippen LogP contribution in [-0.2, 0) is 6.42 Å². The molecule has 0 bridgehead atoms. The second-order valence-corrected chi connectivity index (χ2v) is 6.87. The number of hydrogen-bond acceptors (Lipinski definition) is 1. The molecule has 0 fully saturated rings. The van der Waals surface area contributed by atoms with Gasteiger partial charge in [0.05, 0.1) is 0 Å². The summed E-state index contributed by atoms with van der Waals surface area (Å²) in [7, 11) is 0. The van der Waals surface area contributed by atoms with Crippen molar-refractivity contribution in [2.75, 3.05) is 6.54 Å². The van der Waals surface area contributed by atoms with Crippen LogP contribution in [0, 0.1) is 6.92 Å². The first-order valence-corrected chi connectivity index (χ1v) is 7.80. The summed E-state index contributed by atoms with van der Waals surface area (Å²) in [5.74, 6) is 0.506. The first-order valence-electron chi connectivity index (χ1n) is 7.80. The van der Waals surface area contributed by atoms with Gasteiger partial charge in [0, 0.05) is 18.0 Å². The lowest BCUT2D eigenvalue weighted by atomic mass is 9.89. The van der Waals surface area contributed by atoms with Gasteiger partial charge in [-0.25, -0.2) is 0 Å². The number of aryl methyl sites for hydroxylation is 1. The van der Waals surface area contributed by atoms with Crippen molar-refractivity contribution >= 4 is 0 Å². The Balaban J connectivity index is 2.18. The van der Waals surface area contributed by atoms with Crippen molar-refractivity contribution in [3.05, 3.63) is 71.3 Å². The summed E-state index contributed by atoms with van der Waals surface area (Å²) in [5, 5.41) is 3.66. The van der Waals surface area contributed by atoms with Crippen LogP contribution in [0.3, 0.4) is 0 Å². The maximum Gasteiger partial charge on any atom is 0.00967 e. The van der Waals surface area contributed by atoms with Gasteiger partial charge in [0.15, 0.2) is 0 Å². The Bertz CT molecular complexity index is 552. The summed E-state index contributed by atoms with van der Waals surface area (Å²) in [6.07, 6.45) is 1.08. The van der Waals surface area contributed by atoms with Gasteiger partial charge in [-0.1, -0.05) is 54.6 Å². The molecule has 21 heavy (non-hydrogen) atoms. The fourth-order valence-electron chi connectivity index (χ4n) is 2.57. The third kappa shape index (κ3) is 5.02. The van der Waals surface area contributed by atoms with E-state index in [4.69, 9.17) is 0 Å². The van der Waals surface area contributed by atoms with Gasteiger partial charge in [0.2, 0.25) is 0 Å². The van der Waals surface area contributed by atoms with Crippen LogP contribution < -0.4 is 5.32 Å². The molecule has 0 saturated carbocycles. The predicted molar refractivity (Wildman–Crippen MR) is 91.8 cm³/mol. The quantitative estimate of drug-likeness (QED) is 0.837. The first kappa shape index (κ1) is 15.8. The van der Waals surface area contributed by atoms with Crippen molar-refractivity contribution in [3.63, 3.8) is 0 Å². The zero-order valence-electron chi connectivity index (χ0n) is 13.7. The average Bonchev–Trinajstić information content (AvgIpc) is 2.45. The standard InChI is InChI=1S/C20H27N/c1-16-10-8-9-13-18(16)14-19(15-21-20(2,3)4)17-11-6-5-7-12-17/h5-13,19,21H,14-15H2,1-4H3. The molecule has 0 aliphatic rings. The molecule has 112 valence electrons. The topological polar surface area (TPSA) is 12.0 Å². The van der Waals surface area contributed by atoms with Gasteiger partial charge in [-0.15, -0.1) is 0 Å². The lowest BCUT2D eigenvalue weighted by Gasteiger charge is -2.26. The lowest BCUT2D eigenvalue weighted by molar-refractivity contribution is 0.405. The van der Waals surface area contributed by atoms with Crippen LogP contribution in [0.1, 0.15) is 43.4 Å². The fraction of sp³-hybridized carbons (Fsp3) is 0.400. The third-order valence-corrected chi connectivity index (χ3v) is 3.88. The van der Waals surface area contributed by atoms with Crippen molar-refractivity contribution in [1.82, 2.24) is 5.32 Å². The van der Waals surface area contributed by atoms with Gasteiger partial charge in [-0.2, -0.15) is 0 Å². The second kappa shape index (κ2) is 6.91. The van der Waals surface area contributed by atoms with E-state index in [2.05, 4.69) is 87.6 Å². The van der Waals surface area contributed by atoms with E-state index in [0.29, 0.717) is 5.92 Å². The molecule has 1 nitrogen and oxygen atoms in total. The predicted octanol–water partition coefficient (Wildman–Crippen LogP) is 4.71. The molecule has 0 aliphatic heterocycles. The Hall–Kier alpha value is -1.60. The van der Waals surface area contributed by atoms with E-state index in [1.54, 1.807) is 0 Å². The largest absolute Gasteiger partial charge is 0.311 e. The minimum absolute atomic E-state index is 0.152.